The molecule has 0 aromatic heterocycles. The van der Waals surface area contributed by atoms with Gasteiger partial charge in [-0.1, -0.05) is 23.2 Å². The minimum atomic E-state index is -0.910. The maximum absolute atomic E-state index is 10.8. The molecule has 0 unspecified atom stereocenters. The van der Waals surface area contributed by atoms with Gasteiger partial charge in [0.25, 0.3) is 0 Å². The topological polar surface area (TPSA) is 49.8 Å². The van der Waals surface area contributed by atoms with Crippen LogP contribution < -0.4 is 4.90 Å². The maximum atomic E-state index is 10.8. The van der Waals surface area contributed by atoms with Gasteiger partial charge >= 0.3 is 5.97 Å². The Labute approximate surface area is 110 Å². The van der Waals surface area contributed by atoms with E-state index < -0.39 is 5.97 Å². The first-order valence-electron chi connectivity index (χ1n) is 4.95. The van der Waals surface area contributed by atoms with Gasteiger partial charge in [-0.2, -0.15) is 0 Å². The summed E-state index contributed by atoms with van der Waals surface area (Å²) < 4.78 is 4.94. The highest BCUT2D eigenvalue weighted by atomic mass is 35.5. The molecule has 1 N–H and O–H groups in total. The van der Waals surface area contributed by atoms with Crippen molar-refractivity contribution in [2.24, 2.45) is 0 Å². The highest BCUT2D eigenvalue weighted by molar-refractivity contribution is 6.42. The van der Waals surface area contributed by atoms with Crippen molar-refractivity contribution < 1.29 is 14.6 Å². The van der Waals surface area contributed by atoms with Gasteiger partial charge in [0.1, 0.15) is 6.54 Å². The van der Waals surface area contributed by atoms with Crippen LogP contribution in [0.4, 0.5) is 5.69 Å². The molecule has 1 aromatic rings. The molecule has 0 saturated carbocycles. The summed E-state index contributed by atoms with van der Waals surface area (Å²) >= 11 is 11.7. The van der Waals surface area contributed by atoms with Gasteiger partial charge in [0.15, 0.2) is 0 Å². The average molecular weight is 278 g/mol. The SMILES string of the molecule is COCCN(CC(=O)O)c1ccc(Cl)c(Cl)c1. The fourth-order valence-corrected chi connectivity index (χ4v) is 1.64. The summed E-state index contributed by atoms with van der Waals surface area (Å²) in [5.74, 6) is -0.910. The summed E-state index contributed by atoms with van der Waals surface area (Å²) in [7, 11) is 1.56. The van der Waals surface area contributed by atoms with Crippen LogP contribution in [0, 0.1) is 0 Å². The van der Waals surface area contributed by atoms with Crippen LogP contribution in [0.1, 0.15) is 0 Å². The molecule has 94 valence electrons. The van der Waals surface area contributed by atoms with Crippen molar-refractivity contribution in [3.05, 3.63) is 28.2 Å². The third-order valence-electron chi connectivity index (χ3n) is 2.16. The zero-order valence-electron chi connectivity index (χ0n) is 9.32. The molecule has 0 fully saturated rings. The zero-order valence-corrected chi connectivity index (χ0v) is 10.8. The van der Waals surface area contributed by atoms with E-state index in [9.17, 15) is 4.79 Å². The second kappa shape index (κ2) is 6.69. The number of carbonyl (C=O) groups is 1. The number of benzene rings is 1. The van der Waals surface area contributed by atoms with Gasteiger partial charge in [0.05, 0.1) is 16.7 Å². The molecule has 0 heterocycles. The van der Waals surface area contributed by atoms with Crippen molar-refractivity contribution in [2.45, 2.75) is 0 Å². The fourth-order valence-electron chi connectivity index (χ4n) is 1.35. The number of halogens is 2. The number of rotatable bonds is 6. The standard InChI is InChI=1S/C11H13Cl2NO3/c1-17-5-4-14(7-11(15)16)8-2-3-9(12)10(13)6-8/h2-3,6H,4-5,7H2,1H3,(H,15,16). The first-order chi connectivity index (χ1) is 8.04. The number of methoxy groups -OCH3 is 1. The van der Waals surface area contributed by atoms with Gasteiger partial charge in [-0.3, -0.25) is 4.79 Å². The number of nitrogens with zero attached hydrogens (tertiary/aromatic N) is 1. The van der Waals surface area contributed by atoms with Gasteiger partial charge in [-0.05, 0) is 18.2 Å². The lowest BCUT2D eigenvalue weighted by atomic mass is 10.3. The van der Waals surface area contributed by atoms with Crippen molar-refractivity contribution in [2.75, 3.05) is 31.7 Å². The largest absolute Gasteiger partial charge is 0.480 e. The average Bonchev–Trinajstić information content (AvgIpc) is 2.27. The molecule has 4 nitrogen and oxygen atoms in total. The van der Waals surface area contributed by atoms with Crippen molar-refractivity contribution in [1.29, 1.82) is 0 Å². The third kappa shape index (κ3) is 4.42. The van der Waals surface area contributed by atoms with Crippen LogP contribution in [0.2, 0.25) is 10.0 Å². The number of ether oxygens (including phenoxy) is 1. The van der Waals surface area contributed by atoms with Crippen molar-refractivity contribution in [3.63, 3.8) is 0 Å². The molecule has 0 bridgehead atoms. The summed E-state index contributed by atoms with van der Waals surface area (Å²) in [5, 5.41) is 9.67. The van der Waals surface area contributed by atoms with E-state index in [2.05, 4.69) is 0 Å². The first kappa shape index (κ1) is 14.1. The van der Waals surface area contributed by atoms with E-state index >= 15 is 0 Å². The summed E-state index contributed by atoms with van der Waals surface area (Å²) in [5.41, 5.74) is 0.707. The Morgan fingerprint density at radius 2 is 2.12 bits per heavy atom. The van der Waals surface area contributed by atoms with Gasteiger partial charge in [0, 0.05) is 19.3 Å². The van der Waals surface area contributed by atoms with E-state index in [-0.39, 0.29) is 6.54 Å². The van der Waals surface area contributed by atoms with Crippen LogP contribution in [-0.2, 0) is 9.53 Å². The van der Waals surface area contributed by atoms with Crippen LogP contribution in [0.3, 0.4) is 0 Å². The molecule has 0 spiro atoms. The highest BCUT2D eigenvalue weighted by Gasteiger charge is 2.11. The van der Waals surface area contributed by atoms with Gasteiger partial charge < -0.3 is 14.7 Å². The zero-order chi connectivity index (χ0) is 12.8. The van der Waals surface area contributed by atoms with E-state index in [0.29, 0.717) is 28.9 Å². The van der Waals surface area contributed by atoms with E-state index in [4.69, 9.17) is 33.0 Å². The molecule has 0 atom stereocenters. The van der Waals surface area contributed by atoms with E-state index in [1.165, 1.54) is 0 Å². The summed E-state index contributed by atoms with van der Waals surface area (Å²) in [6.45, 7) is 0.801. The Kier molecular flexibility index (Phi) is 5.55. The second-order valence-electron chi connectivity index (χ2n) is 3.41. The lowest BCUT2D eigenvalue weighted by Crippen LogP contribution is -2.32. The van der Waals surface area contributed by atoms with E-state index in [0.717, 1.165) is 0 Å². The van der Waals surface area contributed by atoms with Crippen molar-refractivity contribution >= 4 is 34.9 Å². The molecule has 0 radical (unpaired) electrons. The summed E-state index contributed by atoms with van der Waals surface area (Å²) in [4.78, 5) is 12.4. The fraction of sp³-hybridized carbons (Fsp3) is 0.364. The minimum Gasteiger partial charge on any atom is -0.480 e. The molecule has 0 aliphatic carbocycles. The number of anilines is 1. The highest BCUT2D eigenvalue weighted by Crippen LogP contribution is 2.27. The first-order valence-corrected chi connectivity index (χ1v) is 5.71. The number of carboxylic acids is 1. The quantitative estimate of drug-likeness (QED) is 0.868. The summed E-state index contributed by atoms with van der Waals surface area (Å²) in [6, 6.07) is 5.01. The molecular formula is C11H13Cl2NO3. The Morgan fingerprint density at radius 3 is 2.65 bits per heavy atom. The van der Waals surface area contributed by atoms with Gasteiger partial charge in [0.2, 0.25) is 0 Å². The molecule has 6 heteroatoms. The Balaban J connectivity index is 2.86. The van der Waals surface area contributed by atoms with Crippen molar-refractivity contribution in [1.82, 2.24) is 0 Å². The number of carboxylic acid groups (broad SMARTS) is 1. The normalized spacial score (nSPS) is 10.3. The Bertz CT molecular complexity index is 398. The van der Waals surface area contributed by atoms with Crippen molar-refractivity contribution in [3.8, 4) is 0 Å². The van der Waals surface area contributed by atoms with E-state index in [1.54, 1.807) is 30.2 Å². The molecule has 0 aliphatic heterocycles. The molecule has 0 amide bonds. The smallest absolute Gasteiger partial charge is 0.323 e. The van der Waals surface area contributed by atoms with Gasteiger partial charge in [-0.25, -0.2) is 0 Å². The Morgan fingerprint density at radius 1 is 1.41 bits per heavy atom. The number of hydrogen-bond donors (Lipinski definition) is 1. The lowest BCUT2D eigenvalue weighted by Gasteiger charge is -2.22. The summed E-state index contributed by atoms with van der Waals surface area (Å²) in [6.07, 6.45) is 0. The molecule has 1 aromatic carbocycles. The van der Waals surface area contributed by atoms with Crippen LogP contribution >= 0.6 is 23.2 Å². The lowest BCUT2D eigenvalue weighted by molar-refractivity contribution is -0.135. The van der Waals surface area contributed by atoms with E-state index in [1.807, 2.05) is 0 Å². The molecule has 0 saturated heterocycles. The third-order valence-corrected chi connectivity index (χ3v) is 2.90. The van der Waals surface area contributed by atoms with Crippen LogP contribution in [-0.4, -0.2) is 37.9 Å². The molecule has 0 aliphatic rings. The molecule has 1 rings (SSSR count). The minimum absolute atomic E-state index is 0.110. The molecular weight excluding hydrogens is 265 g/mol. The van der Waals surface area contributed by atoms with Crippen LogP contribution in [0.25, 0.3) is 0 Å². The monoisotopic (exact) mass is 277 g/mol. The maximum Gasteiger partial charge on any atom is 0.323 e. The number of aliphatic carboxylic acids is 1. The second-order valence-corrected chi connectivity index (χ2v) is 4.22. The van der Waals surface area contributed by atoms with Crippen LogP contribution in [0.5, 0.6) is 0 Å². The molecule has 17 heavy (non-hydrogen) atoms. The Hall–Kier alpha value is -0.970. The van der Waals surface area contributed by atoms with Gasteiger partial charge in [-0.15, -0.1) is 0 Å². The predicted molar refractivity (Wildman–Crippen MR) is 68.2 cm³/mol. The van der Waals surface area contributed by atoms with Crippen LogP contribution in [0.15, 0.2) is 18.2 Å². The predicted octanol–water partition coefficient (Wildman–Crippen LogP) is 2.53. The number of hydrogen-bond acceptors (Lipinski definition) is 3.